The molecule has 0 heterocycles. The fourth-order valence-electron chi connectivity index (χ4n) is 2.41. The van der Waals surface area contributed by atoms with Gasteiger partial charge in [-0.05, 0) is 30.3 Å². The smallest absolute Gasteiger partial charge is 0.0606 e. The van der Waals surface area contributed by atoms with Gasteiger partial charge in [-0.1, -0.05) is 6.07 Å². The van der Waals surface area contributed by atoms with E-state index in [0.29, 0.717) is 30.2 Å². The van der Waals surface area contributed by atoms with Crippen molar-refractivity contribution in [3.63, 3.8) is 0 Å². The molecule has 118 valence electrons. The molecule has 2 aromatic rings. The lowest BCUT2D eigenvalue weighted by atomic mass is 10.0. The van der Waals surface area contributed by atoms with Crippen LogP contribution < -0.4 is 22.1 Å². The first kappa shape index (κ1) is 15.9. The maximum absolute atomic E-state index is 9.16. The molecular formula is C16H22N4O2. The van der Waals surface area contributed by atoms with Crippen LogP contribution in [0.25, 0.3) is 11.1 Å². The molecule has 2 rings (SSSR count). The largest absolute Gasteiger partial charge is 0.399 e. The fourth-order valence-corrected chi connectivity index (χ4v) is 2.41. The molecule has 0 bridgehead atoms. The first-order chi connectivity index (χ1) is 10.6. The summed E-state index contributed by atoms with van der Waals surface area (Å²) in [6, 6.07) is 10.9. The number of nitrogens with zero attached hydrogens (tertiary/aromatic N) is 1. The van der Waals surface area contributed by atoms with Gasteiger partial charge in [0.1, 0.15) is 0 Å². The topological polar surface area (TPSA) is 122 Å². The summed E-state index contributed by atoms with van der Waals surface area (Å²) in [5, 5.41) is 18.3. The number of anilines is 4. The predicted molar refractivity (Wildman–Crippen MR) is 91.5 cm³/mol. The van der Waals surface area contributed by atoms with Gasteiger partial charge in [-0.15, -0.1) is 0 Å². The third-order valence-electron chi connectivity index (χ3n) is 3.51. The Morgan fingerprint density at radius 3 is 2.05 bits per heavy atom. The second-order valence-corrected chi connectivity index (χ2v) is 5.05. The average Bonchev–Trinajstić information content (AvgIpc) is 2.48. The number of aliphatic hydroxyl groups is 2. The van der Waals surface area contributed by atoms with E-state index >= 15 is 0 Å². The van der Waals surface area contributed by atoms with Gasteiger partial charge in [-0.3, -0.25) is 0 Å². The molecule has 0 atom stereocenters. The van der Waals surface area contributed by atoms with E-state index in [1.807, 2.05) is 23.1 Å². The van der Waals surface area contributed by atoms with Crippen molar-refractivity contribution in [1.29, 1.82) is 0 Å². The molecule has 0 saturated carbocycles. The maximum atomic E-state index is 9.16. The number of hydrogen-bond donors (Lipinski definition) is 5. The molecule has 0 aromatic heterocycles. The van der Waals surface area contributed by atoms with Crippen LogP contribution in [0, 0.1) is 0 Å². The lowest BCUT2D eigenvalue weighted by Gasteiger charge is -2.24. The number of nitrogens with two attached hydrogens (primary N) is 3. The second-order valence-electron chi connectivity index (χ2n) is 5.05. The van der Waals surface area contributed by atoms with Gasteiger partial charge in [0.2, 0.25) is 0 Å². The van der Waals surface area contributed by atoms with E-state index in [2.05, 4.69) is 0 Å². The van der Waals surface area contributed by atoms with E-state index in [1.54, 1.807) is 18.2 Å². The van der Waals surface area contributed by atoms with E-state index < -0.39 is 0 Å². The first-order valence-electron chi connectivity index (χ1n) is 7.08. The van der Waals surface area contributed by atoms with E-state index in [4.69, 9.17) is 27.4 Å². The number of benzene rings is 2. The molecule has 0 aliphatic rings. The average molecular weight is 302 g/mol. The van der Waals surface area contributed by atoms with Gasteiger partial charge in [0.05, 0.1) is 13.2 Å². The Morgan fingerprint density at radius 1 is 0.773 bits per heavy atom. The van der Waals surface area contributed by atoms with Crippen molar-refractivity contribution in [2.24, 2.45) is 0 Å². The quantitative estimate of drug-likeness (QED) is 0.505. The molecule has 0 aliphatic carbocycles. The SMILES string of the molecule is Nc1ccc(-c2cc(N(CCO)CCO)ccc2N)c(N)c1. The van der Waals surface area contributed by atoms with Crippen LogP contribution in [0.3, 0.4) is 0 Å². The van der Waals surface area contributed by atoms with Gasteiger partial charge in [-0.2, -0.15) is 0 Å². The normalized spacial score (nSPS) is 10.6. The Morgan fingerprint density at radius 2 is 1.45 bits per heavy atom. The Hall–Kier alpha value is -2.44. The summed E-state index contributed by atoms with van der Waals surface area (Å²) in [6.07, 6.45) is 0. The molecule has 0 spiro atoms. The van der Waals surface area contributed by atoms with Crippen LogP contribution in [-0.2, 0) is 0 Å². The second kappa shape index (κ2) is 7.02. The van der Waals surface area contributed by atoms with Crippen LogP contribution in [0.4, 0.5) is 22.7 Å². The Balaban J connectivity index is 2.45. The third kappa shape index (κ3) is 3.41. The maximum Gasteiger partial charge on any atom is 0.0606 e. The lowest BCUT2D eigenvalue weighted by molar-refractivity contribution is 0.281. The highest BCUT2D eigenvalue weighted by Crippen LogP contribution is 2.34. The van der Waals surface area contributed by atoms with Gasteiger partial charge < -0.3 is 32.3 Å². The van der Waals surface area contributed by atoms with Crippen molar-refractivity contribution >= 4 is 22.7 Å². The van der Waals surface area contributed by atoms with E-state index in [9.17, 15) is 0 Å². The summed E-state index contributed by atoms with van der Waals surface area (Å²) in [5.41, 5.74) is 22.1. The van der Waals surface area contributed by atoms with Crippen LogP contribution in [0.1, 0.15) is 0 Å². The molecule has 22 heavy (non-hydrogen) atoms. The minimum absolute atomic E-state index is 0.00369. The predicted octanol–water partition coefficient (Wildman–Crippen LogP) is 0.891. The minimum Gasteiger partial charge on any atom is -0.399 e. The van der Waals surface area contributed by atoms with Gasteiger partial charge in [0.25, 0.3) is 0 Å². The molecule has 8 N–H and O–H groups in total. The third-order valence-corrected chi connectivity index (χ3v) is 3.51. The van der Waals surface area contributed by atoms with Crippen LogP contribution in [0.15, 0.2) is 36.4 Å². The standard InChI is InChI=1S/C16H22N4O2/c17-11-1-3-13(16(19)9-11)14-10-12(2-4-15(14)18)20(5-7-21)6-8-22/h1-4,9-10,21-22H,5-8,17-19H2. The molecule has 0 aliphatic heterocycles. The fraction of sp³-hybridized carbons (Fsp3) is 0.250. The van der Waals surface area contributed by atoms with Crippen LogP contribution >= 0.6 is 0 Å². The molecule has 2 aromatic carbocycles. The van der Waals surface area contributed by atoms with E-state index in [0.717, 1.165) is 16.8 Å². The molecule has 6 heteroatoms. The highest BCUT2D eigenvalue weighted by atomic mass is 16.3. The number of hydrogen-bond acceptors (Lipinski definition) is 6. The summed E-state index contributed by atoms with van der Waals surface area (Å²) < 4.78 is 0. The van der Waals surface area contributed by atoms with Crippen molar-refractivity contribution in [3.05, 3.63) is 36.4 Å². The summed E-state index contributed by atoms with van der Waals surface area (Å²) in [4.78, 5) is 1.89. The molecule has 0 amide bonds. The molecular weight excluding hydrogens is 280 g/mol. The van der Waals surface area contributed by atoms with Gasteiger partial charge in [-0.25, -0.2) is 0 Å². The Kier molecular flexibility index (Phi) is 5.08. The van der Waals surface area contributed by atoms with Crippen LogP contribution in [0.2, 0.25) is 0 Å². The van der Waals surface area contributed by atoms with E-state index in [-0.39, 0.29) is 13.2 Å². The zero-order chi connectivity index (χ0) is 16.1. The molecule has 0 radical (unpaired) electrons. The molecule has 0 unspecified atom stereocenters. The monoisotopic (exact) mass is 302 g/mol. The Bertz CT molecular complexity index is 640. The zero-order valence-electron chi connectivity index (χ0n) is 12.4. The minimum atomic E-state index is 0.00369. The highest BCUT2D eigenvalue weighted by Gasteiger charge is 2.11. The first-order valence-corrected chi connectivity index (χ1v) is 7.08. The van der Waals surface area contributed by atoms with Crippen molar-refractivity contribution in [3.8, 4) is 11.1 Å². The number of aliphatic hydroxyl groups excluding tert-OH is 2. The van der Waals surface area contributed by atoms with Crippen LogP contribution in [-0.4, -0.2) is 36.5 Å². The van der Waals surface area contributed by atoms with E-state index in [1.165, 1.54) is 0 Å². The highest BCUT2D eigenvalue weighted by molar-refractivity contribution is 5.87. The van der Waals surface area contributed by atoms with Crippen LogP contribution in [0.5, 0.6) is 0 Å². The number of nitrogen functional groups attached to an aromatic ring is 3. The van der Waals surface area contributed by atoms with Gasteiger partial charge >= 0.3 is 0 Å². The summed E-state index contributed by atoms with van der Waals surface area (Å²) in [6.45, 7) is 0.871. The van der Waals surface area contributed by atoms with Crippen molar-refractivity contribution < 1.29 is 10.2 Å². The number of rotatable bonds is 6. The lowest BCUT2D eigenvalue weighted by Crippen LogP contribution is -2.29. The van der Waals surface area contributed by atoms with Crippen molar-refractivity contribution in [2.75, 3.05) is 48.4 Å². The van der Waals surface area contributed by atoms with Gasteiger partial charge in [0, 0.05) is 47.0 Å². The molecule has 0 saturated heterocycles. The van der Waals surface area contributed by atoms with Crippen molar-refractivity contribution in [2.45, 2.75) is 0 Å². The molecule has 6 nitrogen and oxygen atoms in total. The molecule has 0 fully saturated rings. The van der Waals surface area contributed by atoms with Gasteiger partial charge in [0.15, 0.2) is 0 Å². The Labute approximate surface area is 129 Å². The van der Waals surface area contributed by atoms with Crippen molar-refractivity contribution in [1.82, 2.24) is 0 Å². The summed E-state index contributed by atoms with van der Waals surface area (Å²) >= 11 is 0. The summed E-state index contributed by atoms with van der Waals surface area (Å²) in [5.74, 6) is 0. The zero-order valence-corrected chi connectivity index (χ0v) is 12.4. The summed E-state index contributed by atoms with van der Waals surface area (Å²) in [7, 11) is 0.